The number of aromatic nitrogens is 2. The van der Waals surface area contributed by atoms with Crippen LogP contribution in [0.1, 0.15) is 57.3 Å². The summed E-state index contributed by atoms with van der Waals surface area (Å²) < 4.78 is 29.7. The van der Waals surface area contributed by atoms with Crippen LogP contribution < -0.4 is 5.32 Å². The monoisotopic (exact) mass is 482 g/mol. The summed E-state index contributed by atoms with van der Waals surface area (Å²) in [4.78, 5) is 17.7. The summed E-state index contributed by atoms with van der Waals surface area (Å²) in [6.07, 6.45) is 5.55. The predicted molar refractivity (Wildman–Crippen MR) is 135 cm³/mol. The molecule has 1 N–H and O–H groups in total. The smallest absolute Gasteiger partial charge is 0.243 e. The van der Waals surface area contributed by atoms with Crippen molar-refractivity contribution >= 4 is 32.7 Å². The van der Waals surface area contributed by atoms with Gasteiger partial charge < -0.3 is 9.88 Å². The largest absolute Gasteiger partial charge is 0.328 e. The molecule has 1 amide bonds. The van der Waals surface area contributed by atoms with Gasteiger partial charge in [0.15, 0.2) is 0 Å². The van der Waals surface area contributed by atoms with Gasteiger partial charge in [0.25, 0.3) is 0 Å². The molecule has 0 radical (unpaired) electrons. The van der Waals surface area contributed by atoms with Gasteiger partial charge in [0.05, 0.1) is 15.9 Å². The quantitative estimate of drug-likeness (QED) is 0.452. The van der Waals surface area contributed by atoms with E-state index in [1.54, 1.807) is 16.4 Å². The Hall–Kier alpha value is -2.71. The van der Waals surface area contributed by atoms with Crippen molar-refractivity contribution in [3.8, 4) is 0 Å². The molecule has 0 atom stereocenters. The number of aryl methyl sites for hydroxylation is 3. The first-order chi connectivity index (χ1) is 16.4. The second-order valence-corrected chi connectivity index (χ2v) is 10.8. The molecule has 1 aromatic heterocycles. The van der Waals surface area contributed by atoms with Crippen molar-refractivity contribution < 1.29 is 13.2 Å². The molecule has 8 heteroatoms. The number of imidazole rings is 1. The number of unbranched alkanes of at least 4 members (excludes halogenated alkanes) is 1. The van der Waals surface area contributed by atoms with Crippen LogP contribution >= 0.6 is 0 Å². The highest BCUT2D eigenvalue weighted by Gasteiger charge is 2.28. The maximum atomic E-state index is 13.0. The molecule has 34 heavy (non-hydrogen) atoms. The molecule has 0 aliphatic carbocycles. The van der Waals surface area contributed by atoms with Gasteiger partial charge in [-0.2, -0.15) is 4.31 Å². The van der Waals surface area contributed by atoms with Gasteiger partial charge in [-0.05, 0) is 61.6 Å². The van der Waals surface area contributed by atoms with Crippen LogP contribution in [0.5, 0.6) is 0 Å². The Bertz CT molecular complexity index is 1260. The standard InChI is InChI=1S/C26H34N4O3S/c1-3-5-17-30-24-12-11-22(34(32,33)29-15-6-7-16-29)19-23(24)28-25(30)13-14-26(31)27-21-10-8-9-20(4-2)18-21/h8-12,18-19H,3-7,13-17H2,1-2H3,(H,27,31). The van der Waals surface area contributed by atoms with Gasteiger partial charge in [0.2, 0.25) is 15.9 Å². The lowest BCUT2D eigenvalue weighted by Gasteiger charge is -2.15. The molecule has 7 nitrogen and oxygen atoms in total. The SMILES string of the molecule is CCCCn1c(CCC(=O)Nc2cccc(CC)c2)nc2cc(S(=O)(=O)N3CCCC3)ccc21. The number of rotatable bonds is 10. The number of benzene rings is 2. The van der Waals surface area contributed by atoms with E-state index in [1.807, 2.05) is 30.3 Å². The lowest BCUT2D eigenvalue weighted by atomic mass is 10.1. The third kappa shape index (κ3) is 5.33. The molecule has 1 aliphatic rings. The average molecular weight is 483 g/mol. The fraction of sp³-hybridized carbons (Fsp3) is 0.462. The lowest BCUT2D eigenvalue weighted by Crippen LogP contribution is -2.27. The Labute approximate surface area is 202 Å². The van der Waals surface area contributed by atoms with Crippen molar-refractivity contribution in [2.45, 2.75) is 70.2 Å². The fourth-order valence-electron chi connectivity index (χ4n) is 4.47. The molecule has 2 heterocycles. The van der Waals surface area contributed by atoms with Gasteiger partial charge >= 0.3 is 0 Å². The van der Waals surface area contributed by atoms with E-state index >= 15 is 0 Å². The highest BCUT2D eigenvalue weighted by molar-refractivity contribution is 7.89. The summed E-state index contributed by atoms with van der Waals surface area (Å²) in [6, 6.07) is 13.1. The first-order valence-electron chi connectivity index (χ1n) is 12.3. The molecule has 0 spiro atoms. The number of fused-ring (bicyclic) bond motifs is 1. The number of nitrogens with one attached hydrogen (secondary N) is 1. The Morgan fingerprint density at radius 1 is 1.09 bits per heavy atom. The van der Waals surface area contributed by atoms with Crippen molar-refractivity contribution in [2.75, 3.05) is 18.4 Å². The number of carbonyl (C=O) groups excluding carboxylic acids is 1. The number of amides is 1. The van der Waals surface area contributed by atoms with Crippen molar-refractivity contribution in [3.63, 3.8) is 0 Å². The zero-order chi connectivity index (χ0) is 24.1. The summed E-state index contributed by atoms with van der Waals surface area (Å²) in [5.74, 6) is 0.760. The van der Waals surface area contributed by atoms with Crippen LogP contribution in [-0.4, -0.2) is 41.3 Å². The van der Waals surface area contributed by atoms with Crippen LogP contribution in [0.4, 0.5) is 5.69 Å². The van der Waals surface area contributed by atoms with E-state index in [4.69, 9.17) is 4.98 Å². The minimum absolute atomic E-state index is 0.0559. The van der Waals surface area contributed by atoms with E-state index < -0.39 is 10.0 Å². The maximum Gasteiger partial charge on any atom is 0.243 e. The first-order valence-corrected chi connectivity index (χ1v) is 13.7. The van der Waals surface area contributed by atoms with E-state index in [0.717, 1.165) is 55.7 Å². The summed E-state index contributed by atoms with van der Waals surface area (Å²) in [5.41, 5.74) is 3.57. The van der Waals surface area contributed by atoms with Crippen LogP contribution in [0.3, 0.4) is 0 Å². The topological polar surface area (TPSA) is 84.3 Å². The van der Waals surface area contributed by atoms with E-state index in [1.165, 1.54) is 5.56 Å². The van der Waals surface area contributed by atoms with Crippen LogP contribution in [0.15, 0.2) is 47.4 Å². The summed E-state index contributed by atoms with van der Waals surface area (Å²) >= 11 is 0. The Balaban J connectivity index is 1.55. The molecule has 1 saturated heterocycles. The number of hydrogen-bond donors (Lipinski definition) is 1. The summed E-state index contributed by atoms with van der Waals surface area (Å²) in [6.45, 7) is 6.17. The molecular formula is C26H34N4O3S. The Morgan fingerprint density at radius 3 is 2.62 bits per heavy atom. The van der Waals surface area contributed by atoms with Crippen LogP contribution in [0.25, 0.3) is 11.0 Å². The molecule has 182 valence electrons. The van der Waals surface area contributed by atoms with Gasteiger partial charge in [-0.25, -0.2) is 13.4 Å². The highest BCUT2D eigenvalue weighted by atomic mass is 32.2. The highest BCUT2D eigenvalue weighted by Crippen LogP contribution is 2.26. The fourth-order valence-corrected chi connectivity index (χ4v) is 6.01. The maximum absolute atomic E-state index is 13.0. The minimum Gasteiger partial charge on any atom is -0.328 e. The predicted octanol–water partition coefficient (Wildman–Crippen LogP) is 4.75. The van der Waals surface area contributed by atoms with Gasteiger partial charge in [-0.15, -0.1) is 0 Å². The molecule has 3 aromatic rings. The number of sulfonamides is 1. The second-order valence-electron chi connectivity index (χ2n) is 8.90. The van der Waals surface area contributed by atoms with Crippen molar-refractivity contribution in [1.29, 1.82) is 0 Å². The first kappa shape index (κ1) is 24.4. The Kier molecular flexibility index (Phi) is 7.68. The third-order valence-corrected chi connectivity index (χ3v) is 8.33. The molecule has 4 rings (SSSR count). The molecule has 0 saturated carbocycles. The van der Waals surface area contributed by atoms with Crippen molar-refractivity contribution in [2.24, 2.45) is 0 Å². The van der Waals surface area contributed by atoms with E-state index in [-0.39, 0.29) is 5.91 Å². The number of carbonyl (C=O) groups is 1. The van der Waals surface area contributed by atoms with Gasteiger partial charge in [0, 0.05) is 38.2 Å². The third-order valence-electron chi connectivity index (χ3n) is 6.43. The molecule has 2 aromatic carbocycles. The minimum atomic E-state index is -3.50. The lowest BCUT2D eigenvalue weighted by molar-refractivity contribution is -0.116. The van der Waals surface area contributed by atoms with Crippen LogP contribution in [-0.2, 0) is 34.2 Å². The van der Waals surface area contributed by atoms with E-state index in [9.17, 15) is 13.2 Å². The molecule has 0 bridgehead atoms. The number of anilines is 1. The summed E-state index contributed by atoms with van der Waals surface area (Å²) in [5, 5.41) is 2.98. The van der Waals surface area contributed by atoms with Gasteiger partial charge in [0.1, 0.15) is 5.82 Å². The summed E-state index contributed by atoms with van der Waals surface area (Å²) in [7, 11) is -3.50. The van der Waals surface area contributed by atoms with Gasteiger partial charge in [-0.1, -0.05) is 32.4 Å². The number of hydrogen-bond acceptors (Lipinski definition) is 4. The zero-order valence-electron chi connectivity index (χ0n) is 20.1. The molecule has 0 unspecified atom stereocenters. The van der Waals surface area contributed by atoms with Crippen molar-refractivity contribution in [1.82, 2.24) is 13.9 Å². The Morgan fingerprint density at radius 2 is 1.88 bits per heavy atom. The van der Waals surface area contributed by atoms with E-state index in [0.29, 0.717) is 36.3 Å². The average Bonchev–Trinajstić information content (AvgIpc) is 3.50. The van der Waals surface area contributed by atoms with Crippen molar-refractivity contribution in [3.05, 3.63) is 53.9 Å². The second kappa shape index (κ2) is 10.7. The molecule has 1 aliphatic heterocycles. The normalized spacial score (nSPS) is 14.6. The molecule has 1 fully saturated rings. The number of nitrogens with zero attached hydrogens (tertiary/aromatic N) is 3. The van der Waals surface area contributed by atoms with Crippen LogP contribution in [0, 0.1) is 0 Å². The zero-order valence-corrected chi connectivity index (χ0v) is 20.9. The van der Waals surface area contributed by atoms with Crippen LogP contribution in [0.2, 0.25) is 0 Å². The molecular weight excluding hydrogens is 448 g/mol. The van der Waals surface area contributed by atoms with E-state index in [2.05, 4.69) is 23.7 Å². The van der Waals surface area contributed by atoms with Gasteiger partial charge in [-0.3, -0.25) is 4.79 Å².